The summed E-state index contributed by atoms with van der Waals surface area (Å²) in [6.07, 6.45) is 27.7. The van der Waals surface area contributed by atoms with Crippen LogP contribution in [0.3, 0.4) is 0 Å². The predicted octanol–water partition coefficient (Wildman–Crippen LogP) is 8.79. The van der Waals surface area contributed by atoms with Crippen molar-refractivity contribution in [2.24, 2.45) is 35.5 Å². The maximum atomic E-state index is 2.36. The van der Waals surface area contributed by atoms with E-state index >= 15 is 0 Å². The third-order valence-corrected chi connectivity index (χ3v) is 8.80. The highest BCUT2D eigenvalue weighted by Gasteiger charge is 2.34. The molecular weight excluding hydrogens is 312 g/mol. The second kappa shape index (κ2) is 11.1. The van der Waals surface area contributed by atoms with Gasteiger partial charge in [-0.25, -0.2) is 0 Å². The van der Waals surface area contributed by atoms with Crippen LogP contribution in [0.15, 0.2) is 0 Å². The molecule has 0 aliphatic heterocycles. The minimum atomic E-state index is 1.09. The molecule has 0 aromatic rings. The van der Waals surface area contributed by atoms with Gasteiger partial charge in [-0.15, -0.1) is 0 Å². The molecule has 3 rings (SSSR count). The summed E-state index contributed by atoms with van der Waals surface area (Å²) in [4.78, 5) is 0. The number of unbranched alkanes of at least 4 members (excludes halogenated alkanes) is 2. The Labute approximate surface area is 165 Å². The maximum absolute atomic E-state index is 2.36. The summed E-state index contributed by atoms with van der Waals surface area (Å²) in [5.41, 5.74) is 0. The van der Waals surface area contributed by atoms with E-state index in [9.17, 15) is 0 Å². The summed E-state index contributed by atoms with van der Waals surface area (Å²) >= 11 is 0. The monoisotopic (exact) mass is 360 g/mol. The molecular formula is C26H48. The summed E-state index contributed by atoms with van der Waals surface area (Å²) in [6.45, 7) is 4.71. The van der Waals surface area contributed by atoms with Gasteiger partial charge in [-0.05, 0) is 80.5 Å². The summed E-state index contributed by atoms with van der Waals surface area (Å²) in [6, 6.07) is 0. The molecule has 0 heteroatoms. The van der Waals surface area contributed by atoms with E-state index in [1.807, 2.05) is 0 Å². The average molecular weight is 361 g/mol. The Morgan fingerprint density at radius 1 is 0.500 bits per heavy atom. The molecule has 3 saturated carbocycles. The molecule has 0 bridgehead atoms. The summed E-state index contributed by atoms with van der Waals surface area (Å²) in [5.74, 6) is 6.61. The maximum Gasteiger partial charge on any atom is -0.0383 e. The van der Waals surface area contributed by atoms with Gasteiger partial charge in [0.05, 0.1) is 0 Å². The molecule has 3 aliphatic carbocycles. The Balaban J connectivity index is 1.36. The van der Waals surface area contributed by atoms with Gasteiger partial charge in [0.25, 0.3) is 0 Å². The van der Waals surface area contributed by atoms with E-state index < -0.39 is 0 Å². The number of hydrogen-bond donors (Lipinski definition) is 0. The molecule has 0 aromatic carbocycles. The van der Waals surface area contributed by atoms with Crippen LogP contribution >= 0.6 is 0 Å². The first-order chi connectivity index (χ1) is 12.8. The quantitative estimate of drug-likeness (QED) is 0.405. The molecule has 0 radical (unpaired) electrons. The minimum absolute atomic E-state index is 1.09. The topological polar surface area (TPSA) is 0 Å². The molecule has 0 spiro atoms. The smallest absolute Gasteiger partial charge is 0.0383 e. The highest BCUT2D eigenvalue weighted by Crippen LogP contribution is 2.46. The zero-order chi connectivity index (χ0) is 18.2. The lowest BCUT2D eigenvalue weighted by atomic mass is 9.64. The van der Waals surface area contributed by atoms with Crippen molar-refractivity contribution >= 4 is 0 Å². The van der Waals surface area contributed by atoms with E-state index in [2.05, 4.69) is 13.8 Å². The third-order valence-electron chi connectivity index (χ3n) is 8.80. The Bertz CT molecular complexity index is 356. The largest absolute Gasteiger partial charge is 0.0654 e. The van der Waals surface area contributed by atoms with Crippen LogP contribution in [0.25, 0.3) is 0 Å². The summed E-state index contributed by atoms with van der Waals surface area (Å²) in [7, 11) is 0. The van der Waals surface area contributed by atoms with Gasteiger partial charge in [-0.3, -0.25) is 0 Å². The van der Waals surface area contributed by atoms with Crippen LogP contribution in [0, 0.1) is 35.5 Å². The SMILES string of the molecule is CCCCC1CCC(C2CCC(C3CCCC(CCCC)C3)CC2)CC1. The molecule has 2 unspecified atom stereocenters. The predicted molar refractivity (Wildman–Crippen MR) is 115 cm³/mol. The molecule has 0 aromatic heterocycles. The fourth-order valence-corrected chi connectivity index (χ4v) is 7.04. The van der Waals surface area contributed by atoms with Gasteiger partial charge in [0, 0.05) is 0 Å². The van der Waals surface area contributed by atoms with E-state index in [-0.39, 0.29) is 0 Å². The lowest BCUT2D eigenvalue weighted by molar-refractivity contribution is 0.0981. The van der Waals surface area contributed by atoms with Crippen molar-refractivity contribution in [2.75, 3.05) is 0 Å². The molecule has 26 heavy (non-hydrogen) atoms. The highest BCUT2D eigenvalue weighted by atomic mass is 14.4. The minimum Gasteiger partial charge on any atom is -0.0654 e. The van der Waals surface area contributed by atoms with Gasteiger partial charge in [-0.2, -0.15) is 0 Å². The van der Waals surface area contributed by atoms with Gasteiger partial charge in [0.2, 0.25) is 0 Å². The van der Waals surface area contributed by atoms with Gasteiger partial charge in [-0.1, -0.05) is 84.5 Å². The van der Waals surface area contributed by atoms with Gasteiger partial charge < -0.3 is 0 Å². The lowest BCUT2D eigenvalue weighted by Crippen LogP contribution is -2.30. The van der Waals surface area contributed by atoms with E-state index in [1.165, 1.54) is 38.5 Å². The molecule has 0 heterocycles. The van der Waals surface area contributed by atoms with Crippen molar-refractivity contribution in [3.8, 4) is 0 Å². The molecule has 2 atom stereocenters. The molecule has 0 saturated heterocycles. The second-order valence-corrected chi connectivity index (χ2v) is 10.5. The molecule has 3 aliphatic rings. The van der Waals surface area contributed by atoms with Crippen LogP contribution in [-0.2, 0) is 0 Å². The molecule has 3 fully saturated rings. The van der Waals surface area contributed by atoms with E-state index in [0.717, 1.165) is 35.5 Å². The van der Waals surface area contributed by atoms with E-state index in [4.69, 9.17) is 0 Å². The van der Waals surface area contributed by atoms with Crippen LogP contribution in [0.5, 0.6) is 0 Å². The fourth-order valence-electron chi connectivity index (χ4n) is 7.04. The van der Waals surface area contributed by atoms with Crippen molar-refractivity contribution in [3.63, 3.8) is 0 Å². The average Bonchev–Trinajstić information content (AvgIpc) is 2.71. The van der Waals surface area contributed by atoms with Crippen molar-refractivity contribution in [2.45, 2.75) is 129 Å². The van der Waals surface area contributed by atoms with Crippen molar-refractivity contribution in [1.29, 1.82) is 0 Å². The third kappa shape index (κ3) is 6.00. The molecule has 152 valence electrons. The lowest BCUT2D eigenvalue weighted by Gasteiger charge is -2.41. The normalized spacial score (nSPS) is 39.0. The first-order valence-electron chi connectivity index (χ1n) is 12.8. The number of hydrogen-bond acceptors (Lipinski definition) is 0. The summed E-state index contributed by atoms with van der Waals surface area (Å²) in [5, 5.41) is 0. The first kappa shape index (κ1) is 20.7. The highest BCUT2D eigenvalue weighted by molar-refractivity contribution is 4.86. The molecule has 0 N–H and O–H groups in total. The standard InChI is InChI=1S/C26H48/c1-3-5-8-21-12-14-23(15-13-21)24-16-18-25(19-17-24)26-11-7-10-22(20-26)9-6-4-2/h21-26H,3-20H2,1-2H3. The Hall–Kier alpha value is 0. The zero-order valence-electron chi connectivity index (χ0n) is 18.2. The van der Waals surface area contributed by atoms with Crippen LogP contribution in [-0.4, -0.2) is 0 Å². The zero-order valence-corrected chi connectivity index (χ0v) is 18.2. The van der Waals surface area contributed by atoms with Crippen LogP contribution in [0.2, 0.25) is 0 Å². The van der Waals surface area contributed by atoms with Gasteiger partial charge in [0.15, 0.2) is 0 Å². The van der Waals surface area contributed by atoms with E-state index in [1.54, 1.807) is 77.0 Å². The van der Waals surface area contributed by atoms with Crippen LogP contribution < -0.4 is 0 Å². The number of rotatable bonds is 8. The molecule has 0 amide bonds. The second-order valence-electron chi connectivity index (χ2n) is 10.5. The van der Waals surface area contributed by atoms with Crippen molar-refractivity contribution < 1.29 is 0 Å². The van der Waals surface area contributed by atoms with E-state index in [0.29, 0.717) is 0 Å². The summed E-state index contributed by atoms with van der Waals surface area (Å²) < 4.78 is 0. The Morgan fingerprint density at radius 3 is 1.58 bits per heavy atom. The van der Waals surface area contributed by atoms with Gasteiger partial charge >= 0.3 is 0 Å². The van der Waals surface area contributed by atoms with Crippen LogP contribution in [0.4, 0.5) is 0 Å². The van der Waals surface area contributed by atoms with Gasteiger partial charge in [0.1, 0.15) is 0 Å². The first-order valence-corrected chi connectivity index (χ1v) is 12.8. The van der Waals surface area contributed by atoms with Crippen molar-refractivity contribution in [1.82, 2.24) is 0 Å². The van der Waals surface area contributed by atoms with Crippen LogP contribution in [0.1, 0.15) is 129 Å². The Kier molecular flexibility index (Phi) is 8.86. The van der Waals surface area contributed by atoms with Crippen molar-refractivity contribution in [3.05, 3.63) is 0 Å². The fraction of sp³-hybridized carbons (Fsp3) is 1.00. The Morgan fingerprint density at radius 2 is 1.00 bits per heavy atom. The molecule has 0 nitrogen and oxygen atoms in total.